The molecule has 1 aromatic carbocycles. The summed E-state index contributed by atoms with van der Waals surface area (Å²) >= 11 is 5.40. The third kappa shape index (κ3) is 3.18. The Morgan fingerprint density at radius 2 is 2.12 bits per heavy atom. The van der Waals surface area contributed by atoms with Gasteiger partial charge in [0.1, 0.15) is 0 Å². The normalized spacial score (nSPS) is 12.6. The van der Waals surface area contributed by atoms with Crippen molar-refractivity contribution in [3.05, 3.63) is 45.7 Å². The van der Waals surface area contributed by atoms with Gasteiger partial charge in [0.25, 0.3) is 0 Å². The van der Waals surface area contributed by atoms with Gasteiger partial charge in [-0.2, -0.15) is 0 Å². The fourth-order valence-corrected chi connectivity index (χ4v) is 3.28. The summed E-state index contributed by atoms with van der Waals surface area (Å²) < 4.78 is 1.13. The van der Waals surface area contributed by atoms with Crippen LogP contribution in [-0.2, 0) is 0 Å². The zero-order valence-electron chi connectivity index (χ0n) is 10.0. The highest BCUT2D eigenvalue weighted by Gasteiger charge is 2.09. The van der Waals surface area contributed by atoms with Crippen LogP contribution in [0.4, 0.5) is 0 Å². The van der Waals surface area contributed by atoms with Gasteiger partial charge in [-0.3, -0.25) is 0 Å². The SMILES string of the molecule is CNCC(C)c1ccc(-c2cccc(Br)c2)s1. The second-order valence-electron chi connectivity index (χ2n) is 4.17. The minimum Gasteiger partial charge on any atom is -0.319 e. The molecule has 1 heterocycles. The second-order valence-corrected chi connectivity index (χ2v) is 6.20. The minimum atomic E-state index is 0.575. The van der Waals surface area contributed by atoms with Crippen LogP contribution in [0.2, 0.25) is 0 Å². The van der Waals surface area contributed by atoms with Crippen molar-refractivity contribution in [3.63, 3.8) is 0 Å². The molecule has 90 valence electrons. The van der Waals surface area contributed by atoms with E-state index in [1.165, 1.54) is 15.3 Å². The highest BCUT2D eigenvalue weighted by atomic mass is 79.9. The summed E-state index contributed by atoms with van der Waals surface area (Å²) in [5, 5.41) is 3.22. The van der Waals surface area contributed by atoms with Crippen LogP contribution in [0.1, 0.15) is 17.7 Å². The largest absolute Gasteiger partial charge is 0.319 e. The molecule has 1 aromatic heterocycles. The van der Waals surface area contributed by atoms with E-state index in [9.17, 15) is 0 Å². The number of hydrogen-bond donors (Lipinski definition) is 1. The maximum absolute atomic E-state index is 3.51. The van der Waals surface area contributed by atoms with Crippen LogP contribution in [0, 0.1) is 0 Å². The lowest BCUT2D eigenvalue weighted by molar-refractivity contribution is 0.687. The number of halogens is 1. The molecule has 0 fully saturated rings. The lowest BCUT2D eigenvalue weighted by atomic mass is 10.1. The van der Waals surface area contributed by atoms with Crippen LogP contribution >= 0.6 is 27.3 Å². The Labute approximate surface area is 115 Å². The highest BCUT2D eigenvalue weighted by molar-refractivity contribution is 9.10. The zero-order valence-corrected chi connectivity index (χ0v) is 12.4. The van der Waals surface area contributed by atoms with E-state index >= 15 is 0 Å². The predicted octanol–water partition coefficient (Wildman–Crippen LogP) is 4.50. The quantitative estimate of drug-likeness (QED) is 0.876. The van der Waals surface area contributed by atoms with Crippen molar-refractivity contribution < 1.29 is 0 Å². The molecule has 0 radical (unpaired) electrons. The third-order valence-corrected chi connectivity index (χ3v) is 4.59. The van der Waals surface area contributed by atoms with E-state index in [0.29, 0.717) is 5.92 Å². The fraction of sp³-hybridized carbons (Fsp3) is 0.286. The van der Waals surface area contributed by atoms with E-state index in [4.69, 9.17) is 0 Å². The van der Waals surface area contributed by atoms with Crippen LogP contribution in [0.15, 0.2) is 40.9 Å². The number of likely N-dealkylation sites (N-methyl/N-ethyl adjacent to an activating group) is 1. The van der Waals surface area contributed by atoms with Gasteiger partial charge in [0.15, 0.2) is 0 Å². The van der Waals surface area contributed by atoms with Crippen molar-refractivity contribution in [2.75, 3.05) is 13.6 Å². The first-order chi connectivity index (χ1) is 8.20. The summed E-state index contributed by atoms with van der Waals surface area (Å²) in [5.41, 5.74) is 1.28. The van der Waals surface area contributed by atoms with E-state index in [1.54, 1.807) is 0 Å². The Kier molecular flexibility index (Phi) is 4.37. The Morgan fingerprint density at radius 1 is 1.29 bits per heavy atom. The molecule has 1 N–H and O–H groups in total. The first kappa shape index (κ1) is 12.8. The molecule has 0 amide bonds. The second kappa shape index (κ2) is 5.80. The van der Waals surface area contributed by atoms with Crippen molar-refractivity contribution in [2.24, 2.45) is 0 Å². The van der Waals surface area contributed by atoms with E-state index in [1.807, 2.05) is 18.4 Å². The predicted molar refractivity (Wildman–Crippen MR) is 79.8 cm³/mol. The molecule has 1 nitrogen and oxygen atoms in total. The molecule has 17 heavy (non-hydrogen) atoms. The minimum absolute atomic E-state index is 0.575. The van der Waals surface area contributed by atoms with Crippen molar-refractivity contribution in [1.82, 2.24) is 5.32 Å². The summed E-state index contributed by atoms with van der Waals surface area (Å²) in [6.45, 7) is 3.28. The summed E-state index contributed by atoms with van der Waals surface area (Å²) in [6, 6.07) is 12.9. The molecule has 0 aliphatic carbocycles. The van der Waals surface area contributed by atoms with Crippen LogP contribution in [-0.4, -0.2) is 13.6 Å². The monoisotopic (exact) mass is 309 g/mol. The van der Waals surface area contributed by atoms with E-state index in [2.05, 4.69) is 64.6 Å². The average Bonchev–Trinajstić information content (AvgIpc) is 2.78. The van der Waals surface area contributed by atoms with Crippen LogP contribution in [0.5, 0.6) is 0 Å². The fourth-order valence-electron chi connectivity index (χ4n) is 1.82. The van der Waals surface area contributed by atoms with Gasteiger partial charge < -0.3 is 5.32 Å². The molecule has 2 aromatic rings. The molecular weight excluding hydrogens is 294 g/mol. The first-order valence-electron chi connectivity index (χ1n) is 5.71. The van der Waals surface area contributed by atoms with Crippen molar-refractivity contribution in [1.29, 1.82) is 0 Å². The lowest BCUT2D eigenvalue weighted by Gasteiger charge is -2.07. The Balaban J connectivity index is 2.23. The molecule has 2 rings (SSSR count). The first-order valence-corrected chi connectivity index (χ1v) is 7.32. The zero-order chi connectivity index (χ0) is 12.3. The van der Waals surface area contributed by atoms with Gasteiger partial charge in [-0.05, 0) is 36.9 Å². The molecule has 0 aliphatic rings. The number of benzene rings is 1. The third-order valence-electron chi connectivity index (χ3n) is 2.73. The number of rotatable bonds is 4. The van der Waals surface area contributed by atoms with Crippen molar-refractivity contribution >= 4 is 27.3 Å². The average molecular weight is 310 g/mol. The van der Waals surface area contributed by atoms with Gasteiger partial charge in [-0.1, -0.05) is 35.0 Å². The molecule has 0 saturated carbocycles. The van der Waals surface area contributed by atoms with Gasteiger partial charge in [0.2, 0.25) is 0 Å². The van der Waals surface area contributed by atoms with Crippen LogP contribution < -0.4 is 5.32 Å². The lowest BCUT2D eigenvalue weighted by Crippen LogP contribution is -2.13. The Bertz CT molecular complexity index is 492. The Morgan fingerprint density at radius 3 is 2.82 bits per heavy atom. The molecule has 0 bridgehead atoms. The molecule has 1 unspecified atom stereocenters. The van der Waals surface area contributed by atoms with Crippen molar-refractivity contribution in [2.45, 2.75) is 12.8 Å². The van der Waals surface area contributed by atoms with Crippen LogP contribution in [0.25, 0.3) is 10.4 Å². The maximum atomic E-state index is 3.51. The molecule has 0 aliphatic heterocycles. The van der Waals surface area contributed by atoms with E-state index in [0.717, 1.165) is 11.0 Å². The van der Waals surface area contributed by atoms with E-state index in [-0.39, 0.29) is 0 Å². The van der Waals surface area contributed by atoms with Gasteiger partial charge in [0.05, 0.1) is 0 Å². The van der Waals surface area contributed by atoms with Crippen molar-refractivity contribution in [3.8, 4) is 10.4 Å². The number of thiophene rings is 1. The standard InChI is InChI=1S/C14H16BrNS/c1-10(9-16-2)13-6-7-14(17-13)11-4-3-5-12(15)8-11/h3-8,10,16H,9H2,1-2H3. The molecular formula is C14H16BrNS. The smallest absolute Gasteiger partial charge is 0.0346 e. The summed E-state index contributed by atoms with van der Waals surface area (Å²) in [7, 11) is 2.00. The molecule has 0 saturated heterocycles. The summed E-state index contributed by atoms with van der Waals surface area (Å²) in [4.78, 5) is 2.78. The van der Waals surface area contributed by atoms with Gasteiger partial charge >= 0.3 is 0 Å². The van der Waals surface area contributed by atoms with Gasteiger partial charge in [-0.25, -0.2) is 0 Å². The molecule has 3 heteroatoms. The van der Waals surface area contributed by atoms with Crippen LogP contribution in [0.3, 0.4) is 0 Å². The number of nitrogens with one attached hydrogen (secondary N) is 1. The topological polar surface area (TPSA) is 12.0 Å². The Hall–Kier alpha value is -0.640. The molecule has 0 spiro atoms. The highest BCUT2D eigenvalue weighted by Crippen LogP contribution is 2.32. The summed E-state index contributed by atoms with van der Waals surface area (Å²) in [6.07, 6.45) is 0. The van der Waals surface area contributed by atoms with Gasteiger partial charge in [0, 0.05) is 26.7 Å². The number of hydrogen-bond acceptors (Lipinski definition) is 2. The van der Waals surface area contributed by atoms with Gasteiger partial charge in [-0.15, -0.1) is 11.3 Å². The molecule has 1 atom stereocenters. The van der Waals surface area contributed by atoms with E-state index < -0.39 is 0 Å². The maximum Gasteiger partial charge on any atom is 0.0346 e. The summed E-state index contributed by atoms with van der Waals surface area (Å²) in [5.74, 6) is 0.575.